The molecule has 6 heteroatoms. The minimum Gasteiger partial charge on any atom is -0.494 e. The maximum Gasteiger partial charge on any atom is 0.237 e. The van der Waals surface area contributed by atoms with E-state index in [0.29, 0.717) is 23.7 Å². The third kappa shape index (κ3) is 5.30. The first-order valence-electron chi connectivity index (χ1n) is 6.43. The molecule has 1 aromatic carbocycles. The minimum atomic E-state index is -0.130. The maximum atomic E-state index is 12.1. The highest BCUT2D eigenvalue weighted by Crippen LogP contribution is 2.27. The number of hydrogen-bond donors (Lipinski definition) is 2. The number of amides is 1. The van der Waals surface area contributed by atoms with Crippen LogP contribution in [0.15, 0.2) is 18.2 Å². The van der Waals surface area contributed by atoms with Crippen LogP contribution in [0.3, 0.4) is 0 Å². The second kappa shape index (κ2) is 8.71. The molecule has 0 radical (unpaired) electrons. The molecule has 0 aromatic heterocycles. The number of ether oxygens (including phenoxy) is 2. The van der Waals surface area contributed by atoms with Crippen LogP contribution in [0.2, 0.25) is 0 Å². The predicted molar refractivity (Wildman–Crippen MR) is 84.4 cm³/mol. The van der Waals surface area contributed by atoms with E-state index in [4.69, 9.17) is 15.2 Å². The fraction of sp³-hybridized carbons (Fsp3) is 0.500. The zero-order valence-electron chi connectivity index (χ0n) is 12.1. The van der Waals surface area contributed by atoms with Crippen LogP contribution in [0.5, 0.6) is 5.75 Å². The molecule has 0 saturated heterocycles. The molecular formula is C14H22N2O3S. The topological polar surface area (TPSA) is 73.6 Å². The van der Waals surface area contributed by atoms with E-state index in [1.165, 1.54) is 0 Å². The van der Waals surface area contributed by atoms with Crippen molar-refractivity contribution in [3.8, 4) is 5.75 Å². The van der Waals surface area contributed by atoms with Gasteiger partial charge in [0.25, 0.3) is 0 Å². The Morgan fingerprint density at radius 2 is 2.20 bits per heavy atom. The number of benzene rings is 1. The van der Waals surface area contributed by atoms with Crippen molar-refractivity contribution in [1.29, 1.82) is 0 Å². The van der Waals surface area contributed by atoms with Crippen molar-refractivity contribution < 1.29 is 14.3 Å². The Morgan fingerprint density at radius 1 is 1.45 bits per heavy atom. The van der Waals surface area contributed by atoms with Gasteiger partial charge in [0.05, 0.1) is 18.0 Å². The van der Waals surface area contributed by atoms with Gasteiger partial charge >= 0.3 is 0 Å². The van der Waals surface area contributed by atoms with Gasteiger partial charge < -0.3 is 20.5 Å². The number of carbonyl (C=O) groups excluding carboxylic acids is 1. The summed E-state index contributed by atoms with van der Waals surface area (Å²) in [6, 6.07) is 5.16. The number of nitrogen functional groups attached to an aromatic ring is 1. The fourth-order valence-electron chi connectivity index (χ4n) is 1.58. The Kier molecular flexibility index (Phi) is 7.25. The van der Waals surface area contributed by atoms with Gasteiger partial charge in [-0.2, -0.15) is 0 Å². The molecule has 0 heterocycles. The van der Waals surface area contributed by atoms with Crippen LogP contribution in [0.1, 0.15) is 13.3 Å². The lowest BCUT2D eigenvalue weighted by molar-refractivity contribution is -0.115. The van der Waals surface area contributed by atoms with Crippen molar-refractivity contribution in [1.82, 2.24) is 0 Å². The van der Waals surface area contributed by atoms with E-state index < -0.39 is 0 Å². The lowest BCUT2D eigenvalue weighted by atomic mass is 10.2. The summed E-state index contributed by atoms with van der Waals surface area (Å²) in [5.74, 6) is 1.41. The molecule has 1 unspecified atom stereocenters. The Morgan fingerprint density at radius 3 is 2.85 bits per heavy atom. The van der Waals surface area contributed by atoms with Crippen LogP contribution in [0, 0.1) is 0 Å². The molecular weight excluding hydrogens is 276 g/mol. The second-order valence-corrected chi connectivity index (χ2v) is 5.76. The van der Waals surface area contributed by atoms with Gasteiger partial charge in [0.1, 0.15) is 5.75 Å². The van der Waals surface area contributed by atoms with Crippen LogP contribution in [0.4, 0.5) is 11.4 Å². The number of anilines is 2. The van der Waals surface area contributed by atoms with Crippen LogP contribution in [0.25, 0.3) is 0 Å². The number of rotatable bonds is 8. The number of nitrogens with one attached hydrogen (secondary N) is 1. The molecule has 0 fully saturated rings. The van der Waals surface area contributed by atoms with Gasteiger partial charge in [-0.1, -0.05) is 0 Å². The molecule has 1 rings (SSSR count). The Bertz CT molecular complexity index is 440. The Hall–Kier alpha value is -1.40. The highest BCUT2D eigenvalue weighted by molar-refractivity contribution is 8.00. The third-order valence-corrected chi connectivity index (χ3v) is 3.95. The monoisotopic (exact) mass is 298 g/mol. The minimum absolute atomic E-state index is 0.0458. The molecule has 1 atom stereocenters. The first kappa shape index (κ1) is 16.7. The molecule has 20 heavy (non-hydrogen) atoms. The highest BCUT2D eigenvalue weighted by atomic mass is 32.2. The third-order valence-electron chi connectivity index (χ3n) is 2.71. The van der Waals surface area contributed by atoms with Crippen LogP contribution < -0.4 is 15.8 Å². The average molecular weight is 298 g/mol. The van der Waals surface area contributed by atoms with Crippen molar-refractivity contribution in [2.75, 3.05) is 37.6 Å². The number of thioether (sulfide) groups is 1. The fourth-order valence-corrected chi connectivity index (χ4v) is 2.43. The molecule has 0 spiro atoms. The van der Waals surface area contributed by atoms with Crippen molar-refractivity contribution in [3.63, 3.8) is 0 Å². The van der Waals surface area contributed by atoms with E-state index in [2.05, 4.69) is 5.32 Å². The largest absolute Gasteiger partial charge is 0.494 e. The summed E-state index contributed by atoms with van der Waals surface area (Å²) in [5.41, 5.74) is 6.91. The van der Waals surface area contributed by atoms with E-state index in [-0.39, 0.29) is 11.2 Å². The summed E-state index contributed by atoms with van der Waals surface area (Å²) in [6.07, 6.45) is 0.935. The molecule has 1 aromatic rings. The number of hydrogen-bond acceptors (Lipinski definition) is 5. The summed E-state index contributed by atoms with van der Waals surface area (Å²) in [6.45, 7) is 2.60. The number of carbonyl (C=O) groups is 1. The van der Waals surface area contributed by atoms with Gasteiger partial charge in [0.2, 0.25) is 5.91 Å². The summed E-state index contributed by atoms with van der Waals surface area (Å²) >= 11 is 1.60. The van der Waals surface area contributed by atoms with Crippen molar-refractivity contribution in [2.45, 2.75) is 18.6 Å². The molecule has 5 nitrogen and oxygen atoms in total. The standard InChI is InChI=1S/C14H22N2O3S/c1-10(20-8-4-7-18-2)14(17)16-12-6-5-11(15)9-13(12)19-3/h5-6,9-10H,4,7-8,15H2,1-3H3,(H,16,17). The number of methoxy groups -OCH3 is 2. The second-order valence-electron chi connectivity index (χ2n) is 4.31. The molecule has 0 aliphatic carbocycles. The molecule has 0 aliphatic rings. The van der Waals surface area contributed by atoms with Crippen molar-refractivity contribution in [2.24, 2.45) is 0 Å². The van der Waals surface area contributed by atoms with E-state index >= 15 is 0 Å². The normalized spacial score (nSPS) is 11.9. The quantitative estimate of drug-likeness (QED) is 0.569. The zero-order chi connectivity index (χ0) is 15.0. The van der Waals surface area contributed by atoms with Gasteiger partial charge in [-0.15, -0.1) is 11.8 Å². The predicted octanol–water partition coefficient (Wildman–Crippen LogP) is 2.37. The van der Waals surface area contributed by atoms with Gasteiger partial charge in [-0.3, -0.25) is 4.79 Å². The van der Waals surface area contributed by atoms with E-state index in [1.807, 2.05) is 6.92 Å². The zero-order valence-corrected chi connectivity index (χ0v) is 13.0. The van der Waals surface area contributed by atoms with Crippen LogP contribution in [-0.4, -0.2) is 37.7 Å². The van der Waals surface area contributed by atoms with E-state index in [1.54, 1.807) is 44.2 Å². The van der Waals surface area contributed by atoms with Gasteiger partial charge in [-0.25, -0.2) is 0 Å². The van der Waals surface area contributed by atoms with Gasteiger partial charge in [0, 0.05) is 25.5 Å². The molecule has 0 aliphatic heterocycles. The molecule has 3 N–H and O–H groups in total. The lowest BCUT2D eigenvalue weighted by Crippen LogP contribution is -2.23. The molecule has 112 valence electrons. The summed E-state index contributed by atoms with van der Waals surface area (Å²) < 4.78 is 10.2. The highest BCUT2D eigenvalue weighted by Gasteiger charge is 2.15. The summed E-state index contributed by atoms with van der Waals surface area (Å²) in [5, 5.41) is 2.73. The van der Waals surface area contributed by atoms with Crippen molar-refractivity contribution >= 4 is 29.0 Å². The van der Waals surface area contributed by atoms with Crippen LogP contribution in [-0.2, 0) is 9.53 Å². The SMILES string of the molecule is COCCCSC(C)C(=O)Nc1ccc(N)cc1OC. The van der Waals surface area contributed by atoms with Gasteiger partial charge in [0.15, 0.2) is 0 Å². The average Bonchev–Trinajstić information content (AvgIpc) is 2.45. The Balaban J connectivity index is 2.52. The summed E-state index contributed by atoms with van der Waals surface area (Å²) in [7, 11) is 3.22. The maximum absolute atomic E-state index is 12.1. The van der Waals surface area contributed by atoms with Gasteiger partial charge in [-0.05, 0) is 31.2 Å². The van der Waals surface area contributed by atoms with Crippen LogP contribution >= 0.6 is 11.8 Å². The first-order valence-corrected chi connectivity index (χ1v) is 7.48. The molecule has 0 bridgehead atoms. The van der Waals surface area contributed by atoms with E-state index in [0.717, 1.165) is 12.2 Å². The number of nitrogens with two attached hydrogens (primary N) is 1. The van der Waals surface area contributed by atoms with E-state index in [9.17, 15) is 4.79 Å². The smallest absolute Gasteiger partial charge is 0.237 e. The lowest BCUT2D eigenvalue weighted by Gasteiger charge is -2.14. The molecule has 0 saturated carbocycles. The first-order chi connectivity index (χ1) is 9.58. The van der Waals surface area contributed by atoms with Crippen molar-refractivity contribution in [3.05, 3.63) is 18.2 Å². The molecule has 1 amide bonds. The summed E-state index contributed by atoms with van der Waals surface area (Å²) in [4.78, 5) is 12.1. The Labute approximate surface area is 124 Å².